The predicted molar refractivity (Wildman–Crippen MR) is 119 cm³/mol. The summed E-state index contributed by atoms with van der Waals surface area (Å²) in [6.45, 7) is 8.57. The lowest BCUT2D eigenvalue weighted by molar-refractivity contribution is 0.0632. The molecule has 4 rings (SSSR count). The minimum Gasteiger partial charge on any atom is -0.464 e. The largest absolute Gasteiger partial charge is 0.464 e. The summed E-state index contributed by atoms with van der Waals surface area (Å²) in [6, 6.07) is 9.63. The van der Waals surface area contributed by atoms with Gasteiger partial charge in [0.2, 0.25) is 0 Å². The highest BCUT2D eigenvalue weighted by Gasteiger charge is 2.24. The third-order valence-corrected chi connectivity index (χ3v) is 6.18. The molecule has 1 aliphatic heterocycles. The zero-order chi connectivity index (χ0) is 20.4. The second-order valence-corrected chi connectivity index (χ2v) is 8.27. The first-order valence-electron chi connectivity index (χ1n) is 9.98. The van der Waals surface area contributed by atoms with Crippen LogP contribution in [0.2, 0.25) is 0 Å². The lowest BCUT2D eigenvalue weighted by atomic mass is 10.2. The van der Waals surface area contributed by atoms with Crippen LogP contribution in [-0.2, 0) is 0 Å². The Kier molecular flexibility index (Phi) is 5.87. The molecule has 3 heterocycles. The number of nitrogens with one attached hydrogen (secondary N) is 1. The Balaban J connectivity index is 1.59. The molecule has 1 amide bonds. The molecule has 29 heavy (non-hydrogen) atoms. The summed E-state index contributed by atoms with van der Waals surface area (Å²) in [5.41, 5.74) is 3.10. The van der Waals surface area contributed by atoms with E-state index in [0.29, 0.717) is 17.1 Å². The Morgan fingerprint density at radius 3 is 2.72 bits per heavy atom. The second-order valence-electron chi connectivity index (χ2n) is 7.41. The third kappa shape index (κ3) is 4.31. The van der Waals surface area contributed by atoms with Crippen molar-refractivity contribution in [1.29, 1.82) is 0 Å². The van der Waals surface area contributed by atoms with Gasteiger partial charge in [0.25, 0.3) is 5.91 Å². The Labute approximate surface area is 179 Å². The van der Waals surface area contributed by atoms with Gasteiger partial charge in [0, 0.05) is 42.4 Å². The second kappa shape index (κ2) is 8.55. The molecule has 0 saturated carbocycles. The topological polar surface area (TPSA) is 61.6 Å². The van der Waals surface area contributed by atoms with Crippen molar-refractivity contribution in [2.45, 2.75) is 20.3 Å². The molecule has 0 atom stereocenters. The van der Waals surface area contributed by atoms with Gasteiger partial charge in [-0.15, -0.1) is 0 Å². The number of amides is 1. The number of furan rings is 1. The summed E-state index contributed by atoms with van der Waals surface area (Å²) in [5, 5.41) is 4.21. The summed E-state index contributed by atoms with van der Waals surface area (Å²) in [7, 11) is 0. The normalized spacial score (nSPS) is 15.1. The van der Waals surface area contributed by atoms with Gasteiger partial charge >= 0.3 is 0 Å². The number of carbonyl (C=O) groups is 1. The van der Waals surface area contributed by atoms with Crippen LogP contribution in [0.1, 0.15) is 29.4 Å². The molecule has 0 spiro atoms. The van der Waals surface area contributed by atoms with Gasteiger partial charge in [0.15, 0.2) is 0 Å². The first kappa shape index (κ1) is 19.9. The van der Waals surface area contributed by atoms with Crippen LogP contribution in [0, 0.1) is 6.92 Å². The fourth-order valence-electron chi connectivity index (χ4n) is 3.68. The summed E-state index contributed by atoms with van der Waals surface area (Å²) in [5.74, 6) is 0.584. The molecule has 1 aromatic carbocycles. The molecule has 0 radical (unpaired) electrons. The van der Waals surface area contributed by atoms with Crippen molar-refractivity contribution in [3.63, 3.8) is 0 Å². The lowest BCUT2D eigenvalue weighted by Crippen LogP contribution is -2.48. The molecule has 7 heteroatoms. The van der Waals surface area contributed by atoms with Gasteiger partial charge in [0.05, 0.1) is 11.6 Å². The third-order valence-electron chi connectivity index (χ3n) is 5.29. The van der Waals surface area contributed by atoms with Gasteiger partial charge in [-0.25, -0.2) is 4.98 Å². The first-order chi connectivity index (χ1) is 14.0. The SMILES string of the molecule is CCCN1CCN(C(=O)c2cc3occc3c(Nc3ccc(Br)c(C)c3)n2)CC1. The smallest absolute Gasteiger partial charge is 0.272 e. The van der Waals surface area contributed by atoms with E-state index in [2.05, 4.69) is 38.1 Å². The van der Waals surface area contributed by atoms with Crippen LogP contribution in [0.4, 0.5) is 11.5 Å². The number of benzene rings is 1. The van der Waals surface area contributed by atoms with Crippen molar-refractivity contribution in [1.82, 2.24) is 14.8 Å². The number of anilines is 2. The summed E-state index contributed by atoms with van der Waals surface area (Å²) in [4.78, 5) is 22.1. The quantitative estimate of drug-likeness (QED) is 0.596. The van der Waals surface area contributed by atoms with Gasteiger partial charge in [-0.05, 0) is 49.7 Å². The Morgan fingerprint density at radius 1 is 1.21 bits per heavy atom. The summed E-state index contributed by atoms with van der Waals surface area (Å²) in [6.07, 6.45) is 2.76. The van der Waals surface area contributed by atoms with Gasteiger partial charge in [-0.2, -0.15) is 0 Å². The van der Waals surface area contributed by atoms with E-state index in [9.17, 15) is 4.79 Å². The number of halogens is 1. The van der Waals surface area contributed by atoms with Gasteiger partial charge in [-0.3, -0.25) is 9.69 Å². The maximum absolute atomic E-state index is 13.1. The number of fused-ring (bicyclic) bond motifs is 1. The number of carbonyl (C=O) groups excluding carboxylic acids is 1. The maximum Gasteiger partial charge on any atom is 0.272 e. The minimum absolute atomic E-state index is 0.0468. The number of nitrogens with zero attached hydrogens (tertiary/aromatic N) is 3. The highest BCUT2D eigenvalue weighted by atomic mass is 79.9. The standard InChI is InChI=1S/C22H25BrN4O2/c1-3-7-26-8-10-27(11-9-26)22(28)19-14-20-17(6-12-29-20)21(25-19)24-16-4-5-18(23)15(2)13-16/h4-6,12-14H,3,7-11H2,1-2H3,(H,24,25). The first-order valence-corrected chi connectivity index (χ1v) is 10.8. The van der Waals surface area contributed by atoms with Crippen molar-refractivity contribution < 1.29 is 9.21 Å². The highest BCUT2D eigenvalue weighted by Crippen LogP contribution is 2.29. The maximum atomic E-state index is 13.1. The van der Waals surface area contributed by atoms with Crippen LogP contribution >= 0.6 is 15.9 Å². The van der Waals surface area contributed by atoms with Gasteiger partial charge in [-0.1, -0.05) is 22.9 Å². The number of aromatic nitrogens is 1. The highest BCUT2D eigenvalue weighted by molar-refractivity contribution is 9.10. The van der Waals surface area contributed by atoms with Gasteiger partial charge in [0.1, 0.15) is 17.1 Å². The lowest BCUT2D eigenvalue weighted by Gasteiger charge is -2.34. The molecular weight excluding hydrogens is 432 g/mol. The Morgan fingerprint density at radius 2 is 2.00 bits per heavy atom. The van der Waals surface area contributed by atoms with E-state index in [-0.39, 0.29) is 5.91 Å². The fraction of sp³-hybridized carbons (Fsp3) is 0.364. The number of rotatable bonds is 5. The molecule has 0 aliphatic carbocycles. The van der Waals surface area contributed by atoms with Crippen molar-refractivity contribution in [3.05, 3.63) is 52.3 Å². The summed E-state index contributed by atoms with van der Waals surface area (Å²) >= 11 is 3.52. The van der Waals surface area contributed by atoms with E-state index in [4.69, 9.17) is 4.42 Å². The summed E-state index contributed by atoms with van der Waals surface area (Å²) < 4.78 is 6.65. The Bertz CT molecular complexity index is 1020. The molecule has 0 unspecified atom stereocenters. The zero-order valence-electron chi connectivity index (χ0n) is 16.7. The number of hydrogen-bond donors (Lipinski definition) is 1. The molecule has 1 saturated heterocycles. The van der Waals surface area contributed by atoms with E-state index >= 15 is 0 Å². The van der Waals surface area contributed by atoms with Crippen molar-refractivity contribution in [2.75, 3.05) is 38.0 Å². The fourth-order valence-corrected chi connectivity index (χ4v) is 3.93. The van der Waals surface area contributed by atoms with Crippen LogP contribution in [0.15, 0.2) is 45.5 Å². The molecule has 2 aromatic heterocycles. The molecule has 6 nitrogen and oxygen atoms in total. The van der Waals surface area contributed by atoms with Crippen molar-refractivity contribution >= 4 is 44.3 Å². The van der Waals surface area contributed by atoms with Crippen molar-refractivity contribution in [3.8, 4) is 0 Å². The van der Waals surface area contributed by atoms with E-state index in [1.807, 2.05) is 36.1 Å². The molecule has 3 aromatic rings. The Hall–Kier alpha value is -2.38. The minimum atomic E-state index is -0.0468. The molecule has 1 fully saturated rings. The number of hydrogen-bond acceptors (Lipinski definition) is 5. The van der Waals surface area contributed by atoms with E-state index in [0.717, 1.165) is 60.3 Å². The average Bonchev–Trinajstić information content (AvgIpc) is 3.20. The number of aryl methyl sites for hydroxylation is 1. The van der Waals surface area contributed by atoms with Crippen molar-refractivity contribution in [2.24, 2.45) is 0 Å². The average molecular weight is 457 g/mol. The number of pyridine rings is 1. The molecule has 1 N–H and O–H groups in total. The zero-order valence-corrected chi connectivity index (χ0v) is 18.3. The van der Waals surface area contributed by atoms with E-state index in [1.54, 1.807) is 12.3 Å². The van der Waals surface area contributed by atoms with Crippen LogP contribution in [0.25, 0.3) is 11.0 Å². The molecule has 152 valence electrons. The van der Waals surface area contributed by atoms with Gasteiger partial charge < -0.3 is 14.6 Å². The monoisotopic (exact) mass is 456 g/mol. The van der Waals surface area contributed by atoms with Crippen LogP contribution < -0.4 is 5.32 Å². The van der Waals surface area contributed by atoms with Crippen LogP contribution in [-0.4, -0.2) is 53.4 Å². The predicted octanol–water partition coefficient (Wildman–Crippen LogP) is 4.81. The van der Waals surface area contributed by atoms with Crippen LogP contribution in [0.5, 0.6) is 0 Å². The molecule has 1 aliphatic rings. The molecular formula is C22H25BrN4O2. The number of piperazine rings is 1. The molecule has 0 bridgehead atoms. The van der Waals surface area contributed by atoms with E-state index < -0.39 is 0 Å². The van der Waals surface area contributed by atoms with E-state index in [1.165, 1.54) is 0 Å². The van der Waals surface area contributed by atoms with Crippen LogP contribution in [0.3, 0.4) is 0 Å².